The first-order chi connectivity index (χ1) is 5.46. The Hall–Kier alpha value is -0.920. The predicted octanol–water partition coefficient (Wildman–Crippen LogP) is 2.63. The number of methoxy groups -OCH3 is 1. The molecule has 1 heterocycles. The van der Waals surface area contributed by atoms with E-state index in [1.54, 1.807) is 7.11 Å². The molecule has 2 heteroatoms. The smallest absolute Gasteiger partial charge is 0.142 e. The van der Waals surface area contributed by atoms with Crippen LogP contribution in [0.5, 0.6) is 5.75 Å². The van der Waals surface area contributed by atoms with Gasteiger partial charge < -0.3 is 9.72 Å². The van der Waals surface area contributed by atoms with Crippen molar-refractivity contribution in [3.05, 3.63) is 17.5 Å². The first-order valence-electron chi connectivity index (χ1n) is 4.19. The van der Waals surface area contributed by atoms with Crippen molar-refractivity contribution < 1.29 is 4.74 Å². The van der Waals surface area contributed by atoms with E-state index in [0.717, 1.165) is 5.75 Å². The van der Waals surface area contributed by atoms with Gasteiger partial charge in [-0.15, -0.1) is 0 Å². The molecule has 0 spiro atoms. The van der Waals surface area contributed by atoms with Gasteiger partial charge in [0.2, 0.25) is 0 Å². The molecule has 0 saturated carbocycles. The fraction of sp³-hybridized carbons (Fsp3) is 0.600. The van der Waals surface area contributed by atoms with Crippen LogP contribution in [0.1, 0.15) is 32.0 Å². The molecule has 1 N–H and O–H groups in total. The SMILES string of the molecule is COc1c(C)c[nH]c1C(C)(C)C. The topological polar surface area (TPSA) is 25.0 Å². The van der Waals surface area contributed by atoms with Gasteiger partial charge in [0.05, 0.1) is 12.8 Å². The maximum Gasteiger partial charge on any atom is 0.142 e. The molecule has 0 saturated heterocycles. The minimum absolute atomic E-state index is 0.125. The molecule has 0 aromatic carbocycles. The third-order valence-corrected chi connectivity index (χ3v) is 1.97. The molecule has 0 amide bonds. The van der Waals surface area contributed by atoms with E-state index in [0.29, 0.717) is 0 Å². The Morgan fingerprint density at radius 1 is 1.33 bits per heavy atom. The van der Waals surface area contributed by atoms with Gasteiger partial charge in [-0.3, -0.25) is 0 Å². The van der Waals surface area contributed by atoms with Gasteiger partial charge in [0, 0.05) is 17.2 Å². The van der Waals surface area contributed by atoms with Crippen molar-refractivity contribution in [2.45, 2.75) is 33.1 Å². The van der Waals surface area contributed by atoms with Crippen LogP contribution in [0.15, 0.2) is 6.20 Å². The zero-order valence-electron chi connectivity index (χ0n) is 8.49. The van der Waals surface area contributed by atoms with Gasteiger partial charge in [-0.2, -0.15) is 0 Å². The van der Waals surface area contributed by atoms with Gasteiger partial charge in [-0.1, -0.05) is 20.8 Å². The van der Waals surface area contributed by atoms with Crippen molar-refractivity contribution in [1.82, 2.24) is 4.98 Å². The molecule has 0 aliphatic carbocycles. The molecule has 0 atom stereocenters. The first-order valence-corrected chi connectivity index (χ1v) is 4.19. The zero-order chi connectivity index (χ0) is 9.35. The van der Waals surface area contributed by atoms with Crippen LogP contribution in [0.25, 0.3) is 0 Å². The Kier molecular flexibility index (Phi) is 2.18. The lowest BCUT2D eigenvalue weighted by Crippen LogP contribution is -2.12. The third kappa shape index (κ3) is 1.47. The van der Waals surface area contributed by atoms with Crippen LogP contribution >= 0.6 is 0 Å². The lowest BCUT2D eigenvalue weighted by Gasteiger charge is -2.18. The molecule has 0 aliphatic heterocycles. The monoisotopic (exact) mass is 167 g/mol. The molecule has 0 unspecified atom stereocenters. The molecule has 12 heavy (non-hydrogen) atoms. The largest absolute Gasteiger partial charge is 0.495 e. The average Bonchev–Trinajstić information content (AvgIpc) is 2.29. The average molecular weight is 167 g/mol. The summed E-state index contributed by atoms with van der Waals surface area (Å²) in [7, 11) is 1.71. The quantitative estimate of drug-likeness (QED) is 0.683. The van der Waals surface area contributed by atoms with Crippen LogP contribution in [0.3, 0.4) is 0 Å². The Labute approximate surface area is 73.9 Å². The molecular weight excluding hydrogens is 150 g/mol. The lowest BCUT2D eigenvalue weighted by molar-refractivity contribution is 0.394. The number of H-pyrrole nitrogens is 1. The molecule has 1 rings (SSSR count). The molecule has 1 aromatic heterocycles. The Morgan fingerprint density at radius 3 is 2.25 bits per heavy atom. The summed E-state index contributed by atoms with van der Waals surface area (Å²) >= 11 is 0. The van der Waals surface area contributed by atoms with E-state index >= 15 is 0 Å². The number of ether oxygens (including phenoxy) is 1. The molecule has 2 nitrogen and oxygen atoms in total. The normalized spacial score (nSPS) is 11.8. The number of aryl methyl sites for hydroxylation is 1. The summed E-state index contributed by atoms with van der Waals surface area (Å²) in [5.41, 5.74) is 2.46. The van der Waals surface area contributed by atoms with E-state index in [-0.39, 0.29) is 5.41 Å². The minimum Gasteiger partial charge on any atom is -0.495 e. The maximum absolute atomic E-state index is 5.31. The van der Waals surface area contributed by atoms with E-state index in [9.17, 15) is 0 Å². The maximum atomic E-state index is 5.31. The predicted molar refractivity (Wildman–Crippen MR) is 50.8 cm³/mol. The standard InChI is InChI=1S/C10H17NO/c1-7-6-11-9(8(7)12-5)10(2,3)4/h6,11H,1-5H3. The Bertz CT molecular complexity index is 268. The molecule has 0 radical (unpaired) electrons. The fourth-order valence-corrected chi connectivity index (χ4v) is 1.33. The number of aromatic amines is 1. The van der Waals surface area contributed by atoms with Gasteiger partial charge in [0.1, 0.15) is 5.75 Å². The van der Waals surface area contributed by atoms with Crippen LogP contribution in [-0.4, -0.2) is 12.1 Å². The fourth-order valence-electron chi connectivity index (χ4n) is 1.33. The van der Waals surface area contributed by atoms with Crippen molar-refractivity contribution in [2.24, 2.45) is 0 Å². The summed E-state index contributed by atoms with van der Waals surface area (Å²) in [5, 5.41) is 0. The van der Waals surface area contributed by atoms with Gasteiger partial charge in [0.25, 0.3) is 0 Å². The molecule has 1 aromatic rings. The second kappa shape index (κ2) is 2.85. The summed E-state index contributed by atoms with van der Waals surface area (Å²) in [6.07, 6.45) is 1.99. The first kappa shape index (κ1) is 9.17. The van der Waals surface area contributed by atoms with E-state index in [1.807, 2.05) is 13.1 Å². The van der Waals surface area contributed by atoms with E-state index < -0.39 is 0 Å². The molecule has 0 aliphatic rings. The number of rotatable bonds is 1. The van der Waals surface area contributed by atoms with Crippen molar-refractivity contribution in [3.8, 4) is 5.75 Å². The second-order valence-electron chi connectivity index (χ2n) is 4.13. The molecule has 68 valence electrons. The highest BCUT2D eigenvalue weighted by molar-refractivity contribution is 5.40. The molecular formula is C10H17NO. The summed E-state index contributed by atoms with van der Waals surface area (Å²) in [6, 6.07) is 0. The van der Waals surface area contributed by atoms with E-state index in [4.69, 9.17) is 4.74 Å². The van der Waals surface area contributed by atoms with Crippen molar-refractivity contribution in [1.29, 1.82) is 0 Å². The highest BCUT2D eigenvalue weighted by Crippen LogP contribution is 2.32. The summed E-state index contributed by atoms with van der Waals surface area (Å²) < 4.78 is 5.31. The lowest BCUT2D eigenvalue weighted by atomic mass is 9.91. The van der Waals surface area contributed by atoms with Crippen LogP contribution in [0.4, 0.5) is 0 Å². The second-order valence-corrected chi connectivity index (χ2v) is 4.13. The number of hydrogen-bond acceptors (Lipinski definition) is 1. The van der Waals surface area contributed by atoms with Gasteiger partial charge in [-0.05, 0) is 6.92 Å². The Balaban J connectivity index is 3.16. The highest BCUT2D eigenvalue weighted by Gasteiger charge is 2.21. The van der Waals surface area contributed by atoms with Gasteiger partial charge in [-0.25, -0.2) is 0 Å². The van der Waals surface area contributed by atoms with Gasteiger partial charge >= 0.3 is 0 Å². The van der Waals surface area contributed by atoms with Crippen LogP contribution in [-0.2, 0) is 5.41 Å². The van der Waals surface area contributed by atoms with Crippen molar-refractivity contribution >= 4 is 0 Å². The Morgan fingerprint density at radius 2 is 1.92 bits per heavy atom. The van der Waals surface area contributed by atoms with E-state index in [1.165, 1.54) is 11.3 Å². The molecule has 0 fully saturated rings. The van der Waals surface area contributed by atoms with Crippen LogP contribution in [0, 0.1) is 6.92 Å². The van der Waals surface area contributed by atoms with Crippen molar-refractivity contribution in [3.63, 3.8) is 0 Å². The summed E-state index contributed by atoms with van der Waals surface area (Å²) in [6.45, 7) is 8.55. The van der Waals surface area contributed by atoms with Crippen molar-refractivity contribution in [2.75, 3.05) is 7.11 Å². The molecule has 0 bridgehead atoms. The number of nitrogens with one attached hydrogen (secondary N) is 1. The summed E-state index contributed by atoms with van der Waals surface area (Å²) in [4.78, 5) is 3.24. The number of hydrogen-bond donors (Lipinski definition) is 1. The zero-order valence-corrected chi connectivity index (χ0v) is 8.49. The summed E-state index contributed by atoms with van der Waals surface area (Å²) in [5.74, 6) is 0.988. The van der Waals surface area contributed by atoms with E-state index in [2.05, 4.69) is 25.8 Å². The number of aromatic nitrogens is 1. The third-order valence-electron chi connectivity index (χ3n) is 1.97. The van der Waals surface area contributed by atoms with Gasteiger partial charge in [0.15, 0.2) is 0 Å². The van der Waals surface area contributed by atoms with Crippen LogP contribution in [0.2, 0.25) is 0 Å². The minimum atomic E-state index is 0.125. The van der Waals surface area contributed by atoms with Crippen LogP contribution < -0.4 is 4.74 Å². The highest BCUT2D eigenvalue weighted by atomic mass is 16.5.